The lowest BCUT2D eigenvalue weighted by atomic mass is 10.1. The highest BCUT2D eigenvalue weighted by Gasteiger charge is 2.24. The largest absolute Gasteiger partial charge is 0.308 e. The highest BCUT2D eigenvalue weighted by molar-refractivity contribution is 7.22. The van der Waals surface area contributed by atoms with Crippen LogP contribution in [0.25, 0.3) is 10.2 Å². The molecule has 0 radical (unpaired) electrons. The molecule has 0 aliphatic carbocycles. The highest BCUT2D eigenvalue weighted by atomic mass is 32.1. The van der Waals surface area contributed by atoms with E-state index in [1.54, 1.807) is 16.2 Å². The van der Waals surface area contributed by atoms with Gasteiger partial charge in [-0.3, -0.25) is 14.4 Å². The number of fused-ring (bicyclic) bond motifs is 1. The van der Waals surface area contributed by atoms with Crippen molar-refractivity contribution in [2.45, 2.75) is 34.2 Å². The Bertz CT molecular complexity index is 933. The van der Waals surface area contributed by atoms with E-state index in [1.807, 2.05) is 38.7 Å². The Labute approximate surface area is 164 Å². The number of carbonyl (C=O) groups is 1. The van der Waals surface area contributed by atoms with Crippen LogP contribution in [0.3, 0.4) is 0 Å². The van der Waals surface area contributed by atoms with E-state index in [0.717, 1.165) is 39.7 Å². The minimum atomic E-state index is -0.0958. The maximum absolute atomic E-state index is 13.3. The van der Waals surface area contributed by atoms with Crippen LogP contribution in [0.2, 0.25) is 0 Å². The van der Waals surface area contributed by atoms with E-state index in [-0.39, 0.29) is 5.91 Å². The van der Waals surface area contributed by atoms with E-state index in [1.165, 1.54) is 5.56 Å². The van der Waals surface area contributed by atoms with Crippen LogP contribution >= 0.6 is 11.3 Å². The molecule has 2 heterocycles. The van der Waals surface area contributed by atoms with Crippen LogP contribution in [-0.4, -0.2) is 52.8 Å². The Morgan fingerprint density at radius 2 is 1.85 bits per heavy atom. The van der Waals surface area contributed by atoms with Crippen LogP contribution in [0, 0.1) is 20.8 Å². The summed E-state index contributed by atoms with van der Waals surface area (Å²) in [6, 6.07) is 6.05. The maximum atomic E-state index is 13.3. The number of aryl methyl sites for hydroxylation is 4. The Morgan fingerprint density at radius 1 is 1.15 bits per heavy atom. The number of rotatable bonds is 6. The summed E-state index contributed by atoms with van der Waals surface area (Å²) in [5.74, 6) is -0.0958. The first-order valence-electron chi connectivity index (χ1n) is 9.19. The Balaban J connectivity index is 2.04. The Morgan fingerprint density at radius 3 is 2.44 bits per heavy atom. The average Bonchev–Trinajstić information content (AvgIpc) is 3.22. The molecular formula is C20H27N5OS. The average molecular weight is 386 g/mol. The van der Waals surface area contributed by atoms with Gasteiger partial charge in [-0.25, -0.2) is 4.98 Å². The van der Waals surface area contributed by atoms with Gasteiger partial charge in [0, 0.05) is 25.3 Å². The second kappa shape index (κ2) is 7.78. The lowest BCUT2D eigenvalue weighted by Gasteiger charge is -2.21. The topological polar surface area (TPSA) is 54.3 Å². The van der Waals surface area contributed by atoms with Crippen LogP contribution in [0.1, 0.15) is 34.2 Å². The van der Waals surface area contributed by atoms with Gasteiger partial charge < -0.3 is 4.90 Å². The van der Waals surface area contributed by atoms with E-state index in [9.17, 15) is 4.79 Å². The minimum Gasteiger partial charge on any atom is -0.308 e. The fraction of sp³-hybridized carbons (Fsp3) is 0.450. The van der Waals surface area contributed by atoms with Crippen molar-refractivity contribution in [1.29, 1.82) is 0 Å². The molecule has 0 N–H and O–H groups in total. The van der Waals surface area contributed by atoms with Crippen LogP contribution < -0.4 is 4.90 Å². The van der Waals surface area contributed by atoms with Gasteiger partial charge in [-0.15, -0.1) is 0 Å². The van der Waals surface area contributed by atoms with Gasteiger partial charge in [-0.2, -0.15) is 5.10 Å². The smallest absolute Gasteiger partial charge is 0.280 e. The van der Waals surface area contributed by atoms with Crippen molar-refractivity contribution < 1.29 is 4.79 Å². The zero-order valence-electron chi connectivity index (χ0n) is 16.9. The Kier molecular flexibility index (Phi) is 5.62. The van der Waals surface area contributed by atoms with Crippen molar-refractivity contribution in [2.75, 3.05) is 32.1 Å². The summed E-state index contributed by atoms with van der Waals surface area (Å²) >= 11 is 1.58. The first-order chi connectivity index (χ1) is 12.8. The van der Waals surface area contributed by atoms with Gasteiger partial charge in [0.25, 0.3) is 5.91 Å². The molecule has 144 valence electrons. The molecule has 0 unspecified atom stereocenters. The predicted molar refractivity (Wildman–Crippen MR) is 112 cm³/mol. The number of carbonyl (C=O) groups excluding carboxylic acids is 1. The number of nitrogens with zero attached hydrogens (tertiary/aromatic N) is 5. The van der Waals surface area contributed by atoms with E-state index in [0.29, 0.717) is 12.2 Å². The number of hydrogen-bond donors (Lipinski definition) is 0. The van der Waals surface area contributed by atoms with E-state index >= 15 is 0 Å². The van der Waals surface area contributed by atoms with Crippen molar-refractivity contribution in [3.8, 4) is 0 Å². The second-order valence-corrected chi connectivity index (χ2v) is 8.10. The molecule has 1 aromatic carbocycles. The summed E-state index contributed by atoms with van der Waals surface area (Å²) in [5.41, 5.74) is 4.76. The molecule has 6 nitrogen and oxygen atoms in total. The quantitative estimate of drug-likeness (QED) is 0.650. The molecule has 0 aliphatic heterocycles. The molecule has 0 bridgehead atoms. The molecule has 0 fully saturated rings. The number of amides is 1. The third-order valence-corrected chi connectivity index (χ3v) is 5.89. The van der Waals surface area contributed by atoms with Gasteiger partial charge in [-0.05, 0) is 59.0 Å². The van der Waals surface area contributed by atoms with Gasteiger partial charge in [0.15, 0.2) is 10.8 Å². The maximum Gasteiger partial charge on any atom is 0.280 e. The molecule has 2 aromatic heterocycles. The van der Waals surface area contributed by atoms with E-state index in [2.05, 4.69) is 36.0 Å². The molecule has 0 saturated heterocycles. The number of benzene rings is 1. The van der Waals surface area contributed by atoms with Crippen molar-refractivity contribution in [3.63, 3.8) is 0 Å². The first-order valence-corrected chi connectivity index (χ1v) is 10.0. The lowest BCUT2D eigenvalue weighted by Crippen LogP contribution is -2.37. The minimum absolute atomic E-state index is 0.0958. The van der Waals surface area contributed by atoms with E-state index in [4.69, 9.17) is 4.98 Å². The summed E-state index contributed by atoms with van der Waals surface area (Å²) in [5, 5.41) is 5.21. The van der Waals surface area contributed by atoms with Crippen LogP contribution in [-0.2, 0) is 6.54 Å². The number of anilines is 1. The van der Waals surface area contributed by atoms with Gasteiger partial charge in [0.05, 0.1) is 10.2 Å². The highest BCUT2D eigenvalue weighted by Crippen LogP contribution is 2.33. The van der Waals surface area contributed by atoms with Crippen molar-refractivity contribution in [3.05, 3.63) is 40.7 Å². The third-order valence-electron chi connectivity index (χ3n) is 4.68. The SMILES string of the molecule is CCn1nc(C(=O)N(CCN(C)C)c2nc3c(C)ccc(C)c3s2)cc1C. The van der Waals surface area contributed by atoms with Crippen LogP contribution in [0.15, 0.2) is 18.2 Å². The molecule has 0 atom stereocenters. The summed E-state index contributed by atoms with van der Waals surface area (Å²) in [6.07, 6.45) is 0. The third kappa shape index (κ3) is 3.89. The summed E-state index contributed by atoms with van der Waals surface area (Å²) in [7, 11) is 4.01. The molecular weight excluding hydrogens is 358 g/mol. The summed E-state index contributed by atoms with van der Waals surface area (Å²) in [4.78, 5) is 21.9. The normalized spacial score (nSPS) is 11.5. The van der Waals surface area contributed by atoms with Gasteiger partial charge in [0.1, 0.15) is 0 Å². The van der Waals surface area contributed by atoms with E-state index < -0.39 is 0 Å². The van der Waals surface area contributed by atoms with Gasteiger partial charge in [0.2, 0.25) is 0 Å². The molecule has 0 saturated carbocycles. The fourth-order valence-electron chi connectivity index (χ4n) is 3.02. The molecule has 7 heteroatoms. The van der Waals surface area contributed by atoms with Crippen molar-refractivity contribution >= 4 is 32.6 Å². The van der Waals surface area contributed by atoms with Crippen LogP contribution in [0.5, 0.6) is 0 Å². The molecule has 3 rings (SSSR count). The number of hydrogen-bond acceptors (Lipinski definition) is 5. The molecule has 27 heavy (non-hydrogen) atoms. The standard InChI is InChI=1S/C20H27N5OS/c1-7-25-15(4)12-16(22-25)19(26)24(11-10-23(5)6)20-21-17-13(2)8-9-14(3)18(17)27-20/h8-9,12H,7,10-11H2,1-6H3. The molecule has 0 spiro atoms. The lowest BCUT2D eigenvalue weighted by molar-refractivity contribution is 0.0979. The summed E-state index contributed by atoms with van der Waals surface area (Å²) in [6.45, 7) is 10.2. The molecule has 0 aliphatic rings. The van der Waals surface area contributed by atoms with Gasteiger partial charge >= 0.3 is 0 Å². The Hall–Kier alpha value is -2.25. The second-order valence-electron chi connectivity index (χ2n) is 7.12. The molecule has 1 amide bonds. The number of aromatic nitrogens is 3. The zero-order chi connectivity index (χ0) is 19.7. The number of likely N-dealkylation sites (N-methyl/N-ethyl adjacent to an activating group) is 1. The summed E-state index contributed by atoms with van der Waals surface area (Å²) < 4.78 is 2.99. The van der Waals surface area contributed by atoms with Crippen molar-refractivity contribution in [2.24, 2.45) is 0 Å². The van der Waals surface area contributed by atoms with Crippen LogP contribution in [0.4, 0.5) is 5.13 Å². The fourth-order valence-corrected chi connectivity index (χ4v) is 4.16. The number of thiazole rings is 1. The predicted octanol–water partition coefficient (Wildman–Crippen LogP) is 3.65. The van der Waals surface area contributed by atoms with Gasteiger partial charge in [-0.1, -0.05) is 23.5 Å². The monoisotopic (exact) mass is 385 g/mol. The molecule has 3 aromatic rings. The zero-order valence-corrected chi connectivity index (χ0v) is 17.7. The van der Waals surface area contributed by atoms with Crippen molar-refractivity contribution in [1.82, 2.24) is 19.7 Å². The first kappa shape index (κ1) is 19.5.